The minimum Gasteiger partial charge on any atom is -0.290 e. The quantitative estimate of drug-likeness (QED) is 0.513. The van der Waals surface area contributed by atoms with Crippen molar-refractivity contribution in [1.82, 2.24) is 5.32 Å². The first-order valence-corrected chi connectivity index (χ1v) is 3.74. The number of alkyl halides is 1. The molecule has 0 aliphatic rings. The summed E-state index contributed by atoms with van der Waals surface area (Å²) in [5.74, 6) is 0. The molecule has 0 heterocycles. The van der Waals surface area contributed by atoms with Crippen molar-refractivity contribution in [3.63, 3.8) is 0 Å². The van der Waals surface area contributed by atoms with Gasteiger partial charge in [-0.1, -0.05) is 30.3 Å². The van der Waals surface area contributed by atoms with Gasteiger partial charge in [-0.2, -0.15) is 0 Å². The van der Waals surface area contributed by atoms with Gasteiger partial charge in [0, 0.05) is 6.54 Å². The lowest BCUT2D eigenvalue weighted by molar-refractivity contribution is 0.428. The standard InChI is InChI=1S/C9H12FN/c10-8-11-7-6-9-4-2-1-3-5-9/h1-5,11H,6-8H2. The Morgan fingerprint density at radius 2 is 1.91 bits per heavy atom. The van der Waals surface area contributed by atoms with E-state index >= 15 is 0 Å². The Labute approximate surface area is 66.2 Å². The smallest absolute Gasteiger partial charge is 0.140 e. The Balaban J connectivity index is 2.28. The Hall–Kier alpha value is -0.890. The van der Waals surface area contributed by atoms with Gasteiger partial charge in [0.1, 0.15) is 6.80 Å². The fourth-order valence-corrected chi connectivity index (χ4v) is 0.944. The van der Waals surface area contributed by atoms with Crippen LogP contribution in [0.15, 0.2) is 30.3 Å². The lowest BCUT2D eigenvalue weighted by Crippen LogP contribution is -2.15. The summed E-state index contributed by atoms with van der Waals surface area (Å²) in [7, 11) is 0. The topological polar surface area (TPSA) is 12.0 Å². The Morgan fingerprint density at radius 3 is 2.55 bits per heavy atom. The van der Waals surface area contributed by atoms with E-state index in [1.807, 2.05) is 30.3 Å². The molecular weight excluding hydrogens is 141 g/mol. The van der Waals surface area contributed by atoms with E-state index in [1.165, 1.54) is 5.56 Å². The molecule has 0 atom stereocenters. The van der Waals surface area contributed by atoms with E-state index in [-0.39, 0.29) is 0 Å². The molecule has 0 spiro atoms. The van der Waals surface area contributed by atoms with Crippen molar-refractivity contribution in [2.75, 3.05) is 13.3 Å². The normalized spacial score (nSPS) is 9.91. The molecular formula is C9H12FN. The SMILES string of the molecule is FCNCCc1ccccc1. The number of rotatable bonds is 4. The number of halogens is 1. The zero-order valence-corrected chi connectivity index (χ0v) is 6.39. The average molecular weight is 153 g/mol. The molecule has 11 heavy (non-hydrogen) atoms. The summed E-state index contributed by atoms with van der Waals surface area (Å²) in [6.07, 6.45) is 0.894. The van der Waals surface area contributed by atoms with E-state index in [0.29, 0.717) is 6.54 Å². The molecule has 0 unspecified atom stereocenters. The largest absolute Gasteiger partial charge is 0.290 e. The molecule has 0 radical (unpaired) electrons. The average Bonchev–Trinajstić information content (AvgIpc) is 2.07. The van der Waals surface area contributed by atoms with Crippen LogP contribution in [-0.4, -0.2) is 13.3 Å². The van der Waals surface area contributed by atoms with Crippen molar-refractivity contribution < 1.29 is 4.39 Å². The van der Waals surface area contributed by atoms with Gasteiger partial charge in [-0.25, -0.2) is 4.39 Å². The molecule has 0 bridgehead atoms. The van der Waals surface area contributed by atoms with E-state index in [4.69, 9.17) is 0 Å². The lowest BCUT2D eigenvalue weighted by atomic mass is 10.2. The first-order valence-electron chi connectivity index (χ1n) is 3.74. The van der Waals surface area contributed by atoms with Crippen LogP contribution in [0.3, 0.4) is 0 Å². The molecule has 0 aliphatic heterocycles. The summed E-state index contributed by atoms with van der Waals surface area (Å²) in [4.78, 5) is 0. The number of nitrogens with one attached hydrogen (secondary N) is 1. The van der Waals surface area contributed by atoms with Crippen LogP contribution >= 0.6 is 0 Å². The third kappa shape index (κ3) is 3.14. The lowest BCUT2D eigenvalue weighted by Gasteiger charge is -1.99. The van der Waals surface area contributed by atoms with Gasteiger partial charge in [0.2, 0.25) is 0 Å². The van der Waals surface area contributed by atoms with Crippen LogP contribution in [0.25, 0.3) is 0 Å². The molecule has 0 aromatic heterocycles. The summed E-state index contributed by atoms with van der Waals surface area (Å²) >= 11 is 0. The maximum Gasteiger partial charge on any atom is 0.140 e. The van der Waals surface area contributed by atoms with Crippen molar-refractivity contribution in [3.05, 3.63) is 35.9 Å². The Morgan fingerprint density at radius 1 is 1.18 bits per heavy atom. The number of hydrogen-bond acceptors (Lipinski definition) is 1. The van der Waals surface area contributed by atoms with Gasteiger partial charge in [-0.3, -0.25) is 5.32 Å². The molecule has 2 heteroatoms. The molecule has 1 aromatic carbocycles. The molecule has 1 aromatic rings. The zero-order valence-electron chi connectivity index (χ0n) is 6.39. The second-order valence-corrected chi connectivity index (χ2v) is 2.37. The molecule has 1 N–H and O–H groups in total. The predicted octanol–water partition coefficient (Wildman–Crippen LogP) is 1.75. The molecule has 0 amide bonds. The highest BCUT2D eigenvalue weighted by atomic mass is 19.1. The Kier molecular flexibility index (Phi) is 3.62. The molecule has 1 nitrogen and oxygen atoms in total. The molecule has 0 saturated heterocycles. The third-order valence-electron chi connectivity index (χ3n) is 1.53. The highest BCUT2D eigenvalue weighted by molar-refractivity contribution is 5.14. The van der Waals surface area contributed by atoms with E-state index in [9.17, 15) is 4.39 Å². The summed E-state index contributed by atoms with van der Waals surface area (Å²) in [5.41, 5.74) is 1.24. The molecule has 1 rings (SSSR count). The maximum absolute atomic E-state index is 11.6. The summed E-state index contributed by atoms with van der Waals surface area (Å²) in [6.45, 7) is 0.271. The second-order valence-electron chi connectivity index (χ2n) is 2.37. The molecule has 0 saturated carbocycles. The third-order valence-corrected chi connectivity index (χ3v) is 1.53. The molecule has 0 aliphatic carbocycles. The predicted molar refractivity (Wildman–Crippen MR) is 44.1 cm³/mol. The van der Waals surface area contributed by atoms with Gasteiger partial charge in [0.05, 0.1) is 0 Å². The first kappa shape index (κ1) is 8.21. The summed E-state index contributed by atoms with van der Waals surface area (Å²) < 4.78 is 11.6. The van der Waals surface area contributed by atoms with Crippen LogP contribution in [0.5, 0.6) is 0 Å². The highest BCUT2D eigenvalue weighted by Gasteiger charge is 1.88. The van der Waals surface area contributed by atoms with Crippen molar-refractivity contribution in [3.8, 4) is 0 Å². The first-order chi connectivity index (χ1) is 5.43. The minimum atomic E-state index is -0.438. The van der Waals surface area contributed by atoms with Gasteiger partial charge in [0.25, 0.3) is 0 Å². The number of hydrogen-bond donors (Lipinski definition) is 1. The van der Waals surface area contributed by atoms with Gasteiger partial charge < -0.3 is 0 Å². The van der Waals surface area contributed by atoms with Gasteiger partial charge in [0.15, 0.2) is 0 Å². The van der Waals surface area contributed by atoms with Crippen LogP contribution in [0.1, 0.15) is 5.56 Å². The number of benzene rings is 1. The van der Waals surface area contributed by atoms with E-state index in [0.717, 1.165) is 6.42 Å². The van der Waals surface area contributed by atoms with Crippen LogP contribution in [0.2, 0.25) is 0 Å². The fraction of sp³-hybridized carbons (Fsp3) is 0.333. The highest BCUT2D eigenvalue weighted by Crippen LogP contribution is 1.97. The van der Waals surface area contributed by atoms with Crippen molar-refractivity contribution in [2.24, 2.45) is 0 Å². The van der Waals surface area contributed by atoms with Crippen LogP contribution in [0, 0.1) is 0 Å². The Bertz CT molecular complexity index is 186. The molecule has 60 valence electrons. The minimum absolute atomic E-state index is 0.438. The zero-order chi connectivity index (χ0) is 7.94. The van der Waals surface area contributed by atoms with E-state index < -0.39 is 6.80 Å². The van der Waals surface area contributed by atoms with E-state index in [2.05, 4.69) is 5.32 Å². The van der Waals surface area contributed by atoms with Crippen molar-refractivity contribution >= 4 is 0 Å². The van der Waals surface area contributed by atoms with Crippen LogP contribution in [-0.2, 0) is 6.42 Å². The monoisotopic (exact) mass is 153 g/mol. The van der Waals surface area contributed by atoms with Gasteiger partial charge in [-0.05, 0) is 12.0 Å². The fourth-order valence-electron chi connectivity index (χ4n) is 0.944. The molecule has 0 fully saturated rings. The maximum atomic E-state index is 11.6. The van der Waals surface area contributed by atoms with Crippen molar-refractivity contribution in [2.45, 2.75) is 6.42 Å². The van der Waals surface area contributed by atoms with Crippen molar-refractivity contribution in [1.29, 1.82) is 0 Å². The second kappa shape index (κ2) is 4.85. The van der Waals surface area contributed by atoms with Gasteiger partial charge >= 0.3 is 0 Å². The van der Waals surface area contributed by atoms with Crippen LogP contribution < -0.4 is 5.32 Å². The van der Waals surface area contributed by atoms with Crippen LogP contribution in [0.4, 0.5) is 4.39 Å². The van der Waals surface area contributed by atoms with Gasteiger partial charge in [-0.15, -0.1) is 0 Å². The van der Waals surface area contributed by atoms with E-state index in [1.54, 1.807) is 0 Å². The summed E-state index contributed by atoms with van der Waals surface area (Å²) in [6, 6.07) is 10.0. The summed E-state index contributed by atoms with van der Waals surface area (Å²) in [5, 5.41) is 2.63.